The lowest BCUT2D eigenvalue weighted by Crippen LogP contribution is -2.36. The van der Waals surface area contributed by atoms with Crippen molar-refractivity contribution in [3.05, 3.63) is 58.6 Å². The van der Waals surface area contributed by atoms with Crippen molar-refractivity contribution in [1.29, 1.82) is 0 Å². The third-order valence-electron chi connectivity index (χ3n) is 3.55. The molecule has 128 valence electrons. The molecule has 0 aromatic heterocycles. The van der Waals surface area contributed by atoms with Gasteiger partial charge in [-0.25, -0.2) is 8.42 Å². The highest BCUT2D eigenvalue weighted by molar-refractivity contribution is 7.92. The molecule has 0 aliphatic heterocycles. The third kappa shape index (κ3) is 3.88. The zero-order valence-electron chi connectivity index (χ0n) is 13.6. The molecule has 2 aromatic carbocycles. The minimum absolute atomic E-state index is 0.0914. The van der Waals surface area contributed by atoms with Gasteiger partial charge in [0.2, 0.25) is 0 Å². The number of esters is 1. The first-order chi connectivity index (χ1) is 11.3. The highest BCUT2D eigenvalue weighted by Gasteiger charge is 2.27. The van der Waals surface area contributed by atoms with E-state index in [4.69, 9.17) is 11.6 Å². The minimum Gasteiger partial charge on any atom is -0.468 e. The maximum absolute atomic E-state index is 13.0. The summed E-state index contributed by atoms with van der Waals surface area (Å²) >= 11 is 6.11. The van der Waals surface area contributed by atoms with Crippen LogP contribution >= 0.6 is 11.6 Å². The van der Waals surface area contributed by atoms with Crippen molar-refractivity contribution < 1.29 is 17.9 Å². The number of sulfonamides is 1. The van der Waals surface area contributed by atoms with Gasteiger partial charge in [-0.1, -0.05) is 35.4 Å². The molecule has 0 amide bonds. The quantitative estimate of drug-likeness (QED) is 0.760. The lowest BCUT2D eigenvalue weighted by molar-refractivity contribution is -0.138. The molecule has 24 heavy (non-hydrogen) atoms. The van der Waals surface area contributed by atoms with Gasteiger partial charge in [0.05, 0.1) is 17.7 Å². The molecule has 2 aromatic rings. The Balaban J connectivity index is 2.54. The number of halogens is 1. The van der Waals surface area contributed by atoms with Gasteiger partial charge in [-0.3, -0.25) is 9.10 Å². The second kappa shape index (κ2) is 7.23. The number of hydrogen-bond acceptors (Lipinski definition) is 4. The zero-order chi connectivity index (χ0) is 17.9. The number of hydrogen-bond donors (Lipinski definition) is 0. The van der Waals surface area contributed by atoms with Crippen molar-refractivity contribution in [3.63, 3.8) is 0 Å². The van der Waals surface area contributed by atoms with E-state index in [-0.39, 0.29) is 4.90 Å². The van der Waals surface area contributed by atoms with Crippen LogP contribution in [0, 0.1) is 13.8 Å². The molecule has 0 saturated heterocycles. The molecule has 0 aliphatic carbocycles. The van der Waals surface area contributed by atoms with Crippen LogP contribution in [-0.2, 0) is 19.6 Å². The largest absolute Gasteiger partial charge is 0.468 e. The van der Waals surface area contributed by atoms with Gasteiger partial charge in [0.15, 0.2) is 0 Å². The smallest absolute Gasteiger partial charge is 0.326 e. The van der Waals surface area contributed by atoms with E-state index in [1.54, 1.807) is 24.3 Å². The fourth-order valence-electron chi connectivity index (χ4n) is 2.07. The predicted molar refractivity (Wildman–Crippen MR) is 93.9 cm³/mol. The van der Waals surface area contributed by atoms with Gasteiger partial charge in [-0.05, 0) is 43.7 Å². The number of carbonyl (C=O) groups excluding carboxylic acids is 1. The van der Waals surface area contributed by atoms with Crippen molar-refractivity contribution >= 4 is 33.3 Å². The first kappa shape index (κ1) is 18.3. The zero-order valence-corrected chi connectivity index (χ0v) is 15.2. The molecule has 0 spiro atoms. The number of ether oxygens (including phenoxy) is 1. The summed E-state index contributed by atoms with van der Waals surface area (Å²) in [5, 5.41) is 0.418. The minimum atomic E-state index is -3.93. The summed E-state index contributed by atoms with van der Waals surface area (Å²) in [6.07, 6.45) is 0. The van der Waals surface area contributed by atoms with Crippen molar-refractivity contribution in [1.82, 2.24) is 0 Å². The summed E-state index contributed by atoms with van der Waals surface area (Å²) < 4.78 is 31.6. The SMILES string of the molecule is COC(=O)CN(c1ccc(C)c(Cl)c1)S(=O)(=O)c1ccc(C)cc1. The number of carbonyl (C=O) groups is 1. The molecule has 5 nitrogen and oxygen atoms in total. The van der Waals surface area contributed by atoms with E-state index in [0.717, 1.165) is 15.4 Å². The molecule has 0 atom stereocenters. The molecule has 0 radical (unpaired) electrons. The lowest BCUT2D eigenvalue weighted by atomic mass is 10.2. The summed E-state index contributed by atoms with van der Waals surface area (Å²) in [7, 11) is -2.72. The van der Waals surface area contributed by atoms with Gasteiger partial charge in [0.25, 0.3) is 10.0 Å². The van der Waals surface area contributed by atoms with Gasteiger partial charge in [0.1, 0.15) is 6.54 Å². The molecule has 2 rings (SSSR count). The Morgan fingerprint density at radius 2 is 1.75 bits per heavy atom. The molecule has 0 heterocycles. The van der Waals surface area contributed by atoms with Gasteiger partial charge < -0.3 is 4.74 Å². The molecule has 0 unspecified atom stereocenters. The second-order valence-corrected chi connectivity index (χ2v) is 7.60. The van der Waals surface area contributed by atoms with Crippen LogP contribution in [0.2, 0.25) is 5.02 Å². The Hall–Kier alpha value is -2.05. The Bertz CT molecular complexity index is 847. The summed E-state index contributed by atoms with van der Waals surface area (Å²) in [5.74, 6) is -0.664. The van der Waals surface area contributed by atoms with Crippen LogP contribution < -0.4 is 4.31 Å². The Labute approximate surface area is 146 Å². The maximum atomic E-state index is 13.0. The molecule has 0 aliphatic rings. The van der Waals surface area contributed by atoms with E-state index in [1.165, 1.54) is 25.3 Å². The van der Waals surface area contributed by atoms with Crippen LogP contribution in [-0.4, -0.2) is 28.0 Å². The molecular weight excluding hydrogens is 350 g/mol. The van der Waals surface area contributed by atoms with Gasteiger partial charge in [0, 0.05) is 5.02 Å². The van der Waals surface area contributed by atoms with Gasteiger partial charge in [-0.2, -0.15) is 0 Å². The number of benzene rings is 2. The lowest BCUT2D eigenvalue weighted by Gasteiger charge is -2.24. The highest BCUT2D eigenvalue weighted by Crippen LogP contribution is 2.28. The maximum Gasteiger partial charge on any atom is 0.326 e. The molecular formula is C17H18ClNO4S. The molecule has 0 fully saturated rings. The number of rotatable bonds is 5. The predicted octanol–water partition coefficient (Wildman–Crippen LogP) is 3.33. The summed E-state index contributed by atoms with van der Waals surface area (Å²) in [4.78, 5) is 11.8. The van der Waals surface area contributed by atoms with Crippen LogP contribution in [0.3, 0.4) is 0 Å². The van der Waals surface area contributed by atoms with Crippen molar-refractivity contribution in [2.24, 2.45) is 0 Å². The molecule has 0 bridgehead atoms. The van der Waals surface area contributed by atoms with Crippen molar-refractivity contribution in [3.8, 4) is 0 Å². The van der Waals surface area contributed by atoms with Crippen molar-refractivity contribution in [2.45, 2.75) is 18.7 Å². The van der Waals surface area contributed by atoms with E-state index in [1.807, 2.05) is 13.8 Å². The van der Waals surface area contributed by atoms with Crippen LogP contribution in [0.1, 0.15) is 11.1 Å². The fourth-order valence-corrected chi connectivity index (χ4v) is 3.65. The standard InChI is InChI=1S/C17H18ClNO4S/c1-12-4-8-15(9-5-12)24(21,22)19(11-17(20)23-3)14-7-6-13(2)16(18)10-14/h4-10H,11H2,1-3H3. The van der Waals surface area contributed by atoms with Gasteiger partial charge in [-0.15, -0.1) is 0 Å². The van der Waals surface area contributed by atoms with Crippen molar-refractivity contribution in [2.75, 3.05) is 18.0 Å². The number of aryl methyl sites for hydroxylation is 2. The van der Waals surface area contributed by atoms with Crippen LogP contribution in [0.15, 0.2) is 47.4 Å². The molecule has 0 saturated carbocycles. The number of anilines is 1. The van der Waals surface area contributed by atoms with Crippen LogP contribution in [0.5, 0.6) is 0 Å². The van der Waals surface area contributed by atoms with E-state index >= 15 is 0 Å². The summed E-state index contributed by atoms with van der Waals surface area (Å²) in [6.45, 7) is 3.24. The second-order valence-electron chi connectivity index (χ2n) is 5.33. The first-order valence-corrected chi connectivity index (χ1v) is 9.00. The first-order valence-electron chi connectivity index (χ1n) is 7.18. The highest BCUT2D eigenvalue weighted by atomic mass is 35.5. The monoisotopic (exact) mass is 367 g/mol. The fraction of sp³-hybridized carbons (Fsp3) is 0.235. The number of nitrogens with zero attached hydrogens (tertiary/aromatic N) is 1. The van der Waals surface area contributed by atoms with Crippen LogP contribution in [0.25, 0.3) is 0 Å². The third-order valence-corrected chi connectivity index (χ3v) is 5.75. The van der Waals surface area contributed by atoms with Crippen LogP contribution in [0.4, 0.5) is 5.69 Å². The molecule has 0 N–H and O–H groups in total. The average Bonchev–Trinajstić information content (AvgIpc) is 2.55. The topological polar surface area (TPSA) is 63.7 Å². The normalized spacial score (nSPS) is 11.2. The Morgan fingerprint density at radius 3 is 2.29 bits per heavy atom. The Kier molecular flexibility index (Phi) is 5.51. The summed E-state index contributed by atoms with van der Waals surface area (Å²) in [5.41, 5.74) is 2.05. The van der Waals surface area contributed by atoms with E-state index in [9.17, 15) is 13.2 Å². The number of methoxy groups -OCH3 is 1. The summed E-state index contributed by atoms with van der Waals surface area (Å²) in [6, 6.07) is 11.2. The van der Waals surface area contributed by atoms with Gasteiger partial charge >= 0.3 is 5.97 Å². The van der Waals surface area contributed by atoms with E-state index in [2.05, 4.69) is 4.74 Å². The molecule has 7 heteroatoms. The Morgan fingerprint density at radius 1 is 1.12 bits per heavy atom. The van der Waals surface area contributed by atoms with E-state index in [0.29, 0.717) is 10.7 Å². The average molecular weight is 368 g/mol. The van der Waals surface area contributed by atoms with E-state index < -0.39 is 22.5 Å².